The van der Waals surface area contributed by atoms with Crippen molar-refractivity contribution in [2.45, 2.75) is 59.1 Å². The van der Waals surface area contributed by atoms with E-state index in [0.29, 0.717) is 13.1 Å². The Kier molecular flexibility index (Phi) is 5.47. The van der Waals surface area contributed by atoms with Gasteiger partial charge in [-0.15, -0.1) is 11.3 Å². The molecule has 1 fully saturated rings. The normalized spacial score (nSPS) is 15.4. The Morgan fingerprint density at radius 2 is 1.91 bits per heavy atom. The molecule has 1 saturated heterocycles. The number of likely N-dealkylation sites (tertiary alicyclic amines) is 1. The van der Waals surface area contributed by atoms with Crippen LogP contribution in [0.3, 0.4) is 0 Å². The van der Waals surface area contributed by atoms with Gasteiger partial charge in [-0.3, -0.25) is 4.79 Å². The molecule has 178 valence electrons. The average molecular weight is 480 g/mol. The quantitative estimate of drug-likeness (QED) is 0.406. The van der Waals surface area contributed by atoms with E-state index < -0.39 is 5.60 Å². The highest BCUT2D eigenvalue weighted by atomic mass is 32.1. The number of aromatic nitrogens is 4. The number of rotatable bonds is 2. The lowest BCUT2D eigenvalue weighted by Crippen LogP contribution is -2.43. The lowest BCUT2D eigenvalue weighted by Gasteiger charge is -2.34. The zero-order chi connectivity index (χ0) is 24.2. The highest BCUT2D eigenvalue weighted by Crippen LogP contribution is 2.32. The van der Waals surface area contributed by atoms with Gasteiger partial charge in [-0.2, -0.15) is 5.10 Å². The Hall–Kier alpha value is -3.20. The second-order valence-electron chi connectivity index (χ2n) is 9.98. The maximum absolute atomic E-state index is 13.4. The zero-order valence-electron chi connectivity index (χ0n) is 20.2. The second-order valence-corrected chi connectivity index (χ2v) is 11.0. The number of pyridine rings is 1. The first-order valence-corrected chi connectivity index (χ1v) is 12.4. The maximum atomic E-state index is 13.4. The molecule has 0 spiro atoms. The first kappa shape index (κ1) is 22.6. The summed E-state index contributed by atoms with van der Waals surface area (Å²) in [5.41, 5.74) is 3.15. The van der Waals surface area contributed by atoms with Crippen LogP contribution in [0.5, 0.6) is 0 Å². The summed E-state index contributed by atoms with van der Waals surface area (Å²) in [5, 5.41) is 5.65. The first-order chi connectivity index (χ1) is 16.1. The Balaban J connectivity index is 1.40. The molecule has 0 bridgehead atoms. The third-order valence-corrected chi connectivity index (χ3v) is 7.26. The van der Waals surface area contributed by atoms with Crippen molar-refractivity contribution in [3.8, 4) is 10.6 Å². The van der Waals surface area contributed by atoms with Crippen LogP contribution < -0.4 is 5.56 Å². The van der Waals surface area contributed by atoms with Gasteiger partial charge in [-0.05, 0) is 71.2 Å². The number of piperidine rings is 1. The lowest BCUT2D eigenvalue weighted by atomic mass is 10.0. The number of aryl methyl sites for hydroxylation is 2. The van der Waals surface area contributed by atoms with E-state index in [4.69, 9.17) is 9.84 Å². The molecule has 9 heteroatoms. The Labute approximate surface area is 201 Å². The molecule has 0 saturated carbocycles. The van der Waals surface area contributed by atoms with Gasteiger partial charge in [0.25, 0.3) is 5.56 Å². The molecule has 4 aromatic heterocycles. The van der Waals surface area contributed by atoms with Crippen molar-refractivity contribution in [1.82, 2.24) is 24.1 Å². The number of carbonyl (C=O) groups excluding carboxylic acids is 1. The fraction of sp³-hybridized carbons (Fsp3) is 0.440. The van der Waals surface area contributed by atoms with Crippen molar-refractivity contribution in [3.05, 3.63) is 52.2 Å². The first-order valence-electron chi connectivity index (χ1n) is 11.6. The molecular formula is C25H29N5O3S. The predicted octanol–water partition coefficient (Wildman–Crippen LogP) is 4.96. The van der Waals surface area contributed by atoms with Gasteiger partial charge in [-0.1, -0.05) is 0 Å². The third-order valence-electron chi connectivity index (χ3n) is 6.10. The molecule has 0 N–H and O–H groups in total. The molecule has 0 aromatic carbocycles. The van der Waals surface area contributed by atoms with Gasteiger partial charge in [0.15, 0.2) is 5.65 Å². The van der Waals surface area contributed by atoms with Crippen LogP contribution in [0, 0.1) is 13.8 Å². The number of carbonyl (C=O) groups is 1. The summed E-state index contributed by atoms with van der Waals surface area (Å²) in [7, 11) is 0. The molecule has 1 aliphatic rings. The van der Waals surface area contributed by atoms with E-state index in [1.54, 1.807) is 9.42 Å². The average Bonchev–Trinajstić information content (AvgIpc) is 3.37. The van der Waals surface area contributed by atoms with Gasteiger partial charge in [-0.25, -0.2) is 14.3 Å². The molecule has 8 nitrogen and oxygen atoms in total. The summed E-state index contributed by atoms with van der Waals surface area (Å²) >= 11 is 1.48. The number of imidazole rings is 1. The number of ether oxygens (including phenoxy) is 1. The van der Waals surface area contributed by atoms with Crippen LogP contribution in [0.25, 0.3) is 26.3 Å². The Morgan fingerprint density at radius 3 is 2.62 bits per heavy atom. The SMILES string of the molecule is Cc1cn2nc(-c3cc4ccn(C5CCN(C(=O)OC(C)(C)C)CC5)c(=O)c4s3)cc(C)c2n1. The van der Waals surface area contributed by atoms with Crippen molar-refractivity contribution >= 4 is 33.2 Å². The van der Waals surface area contributed by atoms with Crippen LogP contribution >= 0.6 is 11.3 Å². The molecule has 0 aliphatic carbocycles. The van der Waals surface area contributed by atoms with Crippen LogP contribution in [0.1, 0.15) is 50.9 Å². The van der Waals surface area contributed by atoms with Crippen LogP contribution in [0.2, 0.25) is 0 Å². The summed E-state index contributed by atoms with van der Waals surface area (Å²) in [6, 6.07) is 6.13. The van der Waals surface area contributed by atoms with Gasteiger partial charge in [0.05, 0.1) is 16.8 Å². The fourth-order valence-electron chi connectivity index (χ4n) is 4.47. The third kappa shape index (κ3) is 4.20. The monoisotopic (exact) mass is 479 g/mol. The summed E-state index contributed by atoms with van der Waals surface area (Å²) in [5.74, 6) is 0. The zero-order valence-corrected chi connectivity index (χ0v) is 21.0. The standard InChI is InChI=1S/C25H29N5O3S/c1-15-12-19(27-30-14-16(2)26-22(15)30)20-13-17-6-11-29(23(31)21(17)34-20)18-7-9-28(10-8-18)24(32)33-25(3,4)5/h6,11-14,18H,7-10H2,1-5H3. The topological polar surface area (TPSA) is 81.7 Å². The Morgan fingerprint density at radius 1 is 1.18 bits per heavy atom. The Bertz CT molecular complexity index is 1450. The highest BCUT2D eigenvalue weighted by Gasteiger charge is 2.28. The van der Waals surface area contributed by atoms with E-state index in [9.17, 15) is 9.59 Å². The van der Waals surface area contributed by atoms with E-state index in [0.717, 1.165) is 50.4 Å². The number of hydrogen-bond donors (Lipinski definition) is 0. The summed E-state index contributed by atoms with van der Waals surface area (Å²) in [6.45, 7) is 10.7. The van der Waals surface area contributed by atoms with E-state index >= 15 is 0 Å². The van der Waals surface area contributed by atoms with Gasteiger partial charge in [0.1, 0.15) is 16.0 Å². The minimum absolute atomic E-state index is 0.0146. The number of hydrogen-bond acceptors (Lipinski definition) is 6. The number of thiophene rings is 1. The van der Waals surface area contributed by atoms with Gasteiger partial charge in [0.2, 0.25) is 0 Å². The molecule has 5 heterocycles. The minimum atomic E-state index is -0.512. The van der Waals surface area contributed by atoms with Gasteiger partial charge in [0, 0.05) is 30.7 Å². The van der Waals surface area contributed by atoms with E-state index in [2.05, 4.69) is 4.98 Å². The molecule has 0 radical (unpaired) electrons. The van der Waals surface area contributed by atoms with Crippen molar-refractivity contribution < 1.29 is 9.53 Å². The number of fused-ring (bicyclic) bond motifs is 2. The molecule has 0 atom stereocenters. The fourth-order valence-corrected chi connectivity index (χ4v) is 5.52. The summed E-state index contributed by atoms with van der Waals surface area (Å²) in [4.78, 5) is 33.0. The molecule has 0 unspecified atom stereocenters. The molecule has 1 aliphatic heterocycles. The van der Waals surface area contributed by atoms with E-state index in [-0.39, 0.29) is 17.7 Å². The van der Waals surface area contributed by atoms with Crippen molar-refractivity contribution in [2.75, 3.05) is 13.1 Å². The molecule has 4 aromatic rings. The highest BCUT2D eigenvalue weighted by molar-refractivity contribution is 7.22. The van der Waals surface area contributed by atoms with Crippen LogP contribution in [0.4, 0.5) is 4.79 Å². The second kappa shape index (κ2) is 8.23. The van der Waals surface area contributed by atoms with Crippen molar-refractivity contribution in [2.24, 2.45) is 0 Å². The number of nitrogens with zero attached hydrogens (tertiary/aromatic N) is 5. The molecule has 5 rings (SSSR count). The van der Waals surface area contributed by atoms with Crippen LogP contribution in [-0.2, 0) is 4.74 Å². The lowest BCUT2D eigenvalue weighted by molar-refractivity contribution is 0.0187. The van der Waals surface area contributed by atoms with E-state index in [1.807, 2.05) is 69.8 Å². The maximum Gasteiger partial charge on any atom is 0.410 e. The van der Waals surface area contributed by atoms with E-state index in [1.165, 1.54) is 11.3 Å². The van der Waals surface area contributed by atoms with Gasteiger partial charge >= 0.3 is 6.09 Å². The van der Waals surface area contributed by atoms with Crippen LogP contribution in [0.15, 0.2) is 35.4 Å². The molecule has 1 amide bonds. The largest absolute Gasteiger partial charge is 0.444 e. The van der Waals surface area contributed by atoms with Crippen molar-refractivity contribution in [1.29, 1.82) is 0 Å². The number of amides is 1. The smallest absolute Gasteiger partial charge is 0.410 e. The minimum Gasteiger partial charge on any atom is -0.444 e. The summed E-state index contributed by atoms with van der Waals surface area (Å²) < 4.78 is 9.86. The summed E-state index contributed by atoms with van der Waals surface area (Å²) in [6.07, 6.45) is 4.95. The molecule has 34 heavy (non-hydrogen) atoms. The predicted molar refractivity (Wildman–Crippen MR) is 134 cm³/mol. The molecular weight excluding hydrogens is 450 g/mol. The van der Waals surface area contributed by atoms with Crippen molar-refractivity contribution in [3.63, 3.8) is 0 Å². The van der Waals surface area contributed by atoms with Gasteiger partial charge < -0.3 is 14.2 Å². The van der Waals surface area contributed by atoms with Crippen LogP contribution in [-0.4, -0.2) is 48.8 Å².